The van der Waals surface area contributed by atoms with Crippen LogP contribution in [0.3, 0.4) is 0 Å². The lowest BCUT2D eigenvalue weighted by Crippen LogP contribution is -2.29. The summed E-state index contributed by atoms with van der Waals surface area (Å²) in [7, 11) is -1.13. The summed E-state index contributed by atoms with van der Waals surface area (Å²) in [5.41, 5.74) is 0.267. The average Bonchev–Trinajstić information content (AvgIpc) is 2.88. The van der Waals surface area contributed by atoms with Crippen molar-refractivity contribution in [2.75, 3.05) is 25.6 Å². The van der Waals surface area contributed by atoms with Gasteiger partial charge in [-0.05, 0) is 19.2 Å². The Kier molecular flexibility index (Phi) is 4.29. The van der Waals surface area contributed by atoms with Crippen LogP contribution >= 0.6 is 0 Å². The number of carbonyl (C=O) groups is 2. The zero-order valence-corrected chi connectivity index (χ0v) is 12.5. The number of nitrogens with zero attached hydrogens (tertiary/aromatic N) is 1. The van der Waals surface area contributed by atoms with Crippen LogP contribution in [0.25, 0.3) is 0 Å². The molecule has 2 rings (SSSR count). The predicted molar refractivity (Wildman–Crippen MR) is 75.2 cm³/mol. The van der Waals surface area contributed by atoms with Crippen LogP contribution in [0.5, 0.6) is 0 Å². The smallest absolute Gasteiger partial charge is 0.311 e. The zero-order valence-electron chi connectivity index (χ0n) is 11.7. The highest BCUT2D eigenvalue weighted by Crippen LogP contribution is 2.30. The standard InChI is InChI=1S/C13H16N2O5S/c1-14-21(18,19)11-6-4-3-5-10(11)15-8-9(7-12(15)16)13(17)20-2/h3-6,9,14H,7-8H2,1-2H3. The van der Waals surface area contributed by atoms with Crippen LogP contribution in [-0.4, -0.2) is 41.0 Å². The highest BCUT2D eigenvalue weighted by Gasteiger charge is 2.37. The summed E-state index contributed by atoms with van der Waals surface area (Å²) in [6, 6.07) is 6.18. The van der Waals surface area contributed by atoms with E-state index >= 15 is 0 Å². The molecule has 0 radical (unpaired) electrons. The summed E-state index contributed by atoms with van der Waals surface area (Å²) in [5, 5.41) is 0. The number of hydrogen-bond acceptors (Lipinski definition) is 5. The van der Waals surface area contributed by atoms with Gasteiger partial charge in [-0.1, -0.05) is 12.1 Å². The molecule has 114 valence electrons. The highest BCUT2D eigenvalue weighted by molar-refractivity contribution is 7.89. The molecular formula is C13H16N2O5S. The molecule has 0 aromatic heterocycles. The molecule has 1 aliphatic rings. The zero-order chi connectivity index (χ0) is 15.6. The number of amides is 1. The number of nitrogens with one attached hydrogen (secondary N) is 1. The highest BCUT2D eigenvalue weighted by atomic mass is 32.2. The number of para-hydroxylation sites is 1. The molecule has 0 saturated carbocycles. The number of sulfonamides is 1. The van der Waals surface area contributed by atoms with Gasteiger partial charge in [-0.15, -0.1) is 0 Å². The fourth-order valence-corrected chi connectivity index (χ4v) is 3.21. The van der Waals surface area contributed by atoms with Crippen molar-refractivity contribution in [2.24, 2.45) is 5.92 Å². The van der Waals surface area contributed by atoms with E-state index in [1.54, 1.807) is 18.2 Å². The molecule has 0 bridgehead atoms. The molecule has 1 aromatic rings. The van der Waals surface area contributed by atoms with E-state index in [0.29, 0.717) is 0 Å². The lowest BCUT2D eigenvalue weighted by Gasteiger charge is -2.19. The van der Waals surface area contributed by atoms with Crippen molar-refractivity contribution in [3.8, 4) is 0 Å². The van der Waals surface area contributed by atoms with Crippen LogP contribution in [0.15, 0.2) is 29.2 Å². The number of anilines is 1. The number of ether oxygens (including phenoxy) is 1. The van der Waals surface area contributed by atoms with E-state index in [2.05, 4.69) is 9.46 Å². The summed E-state index contributed by atoms with van der Waals surface area (Å²) >= 11 is 0. The molecule has 1 atom stereocenters. The number of benzene rings is 1. The topological polar surface area (TPSA) is 92.8 Å². The maximum Gasteiger partial charge on any atom is 0.311 e. The SMILES string of the molecule is CNS(=O)(=O)c1ccccc1N1CC(C(=O)OC)CC1=O. The van der Waals surface area contributed by atoms with Crippen LogP contribution in [0.4, 0.5) is 5.69 Å². The van der Waals surface area contributed by atoms with Gasteiger partial charge in [-0.25, -0.2) is 13.1 Å². The Hall–Kier alpha value is -1.93. The molecule has 1 aliphatic heterocycles. The Morgan fingerprint density at radius 2 is 2.05 bits per heavy atom. The molecule has 1 amide bonds. The molecule has 1 saturated heterocycles. The van der Waals surface area contributed by atoms with E-state index in [9.17, 15) is 18.0 Å². The van der Waals surface area contributed by atoms with E-state index < -0.39 is 21.9 Å². The number of rotatable bonds is 4. The Morgan fingerprint density at radius 1 is 1.38 bits per heavy atom. The Labute approximate surface area is 122 Å². The molecule has 1 heterocycles. The largest absolute Gasteiger partial charge is 0.469 e. The fourth-order valence-electron chi connectivity index (χ4n) is 2.28. The Morgan fingerprint density at radius 3 is 2.67 bits per heavy atom. The minimum absolute atomic E-state index is 0.00589. The number of hydrogen-bond donors (Lipinski definition) is 1. The van der Waals surface area contributed by atoms with Gasteiger partial charge in [-0.2, -0.15) is 0 Å². The van der Waals surface area contributed by atoms with Crippen molar-refractivity contribution >= 4 is 27.6 Å². The van der Waals surface area contributed by atoms with Crippen molar-refractivity contribution in [3.63, 3.8) is 0 Å². The fraction of sp³-hybridized carbons (Fsp3) is 0.385. The van der Waals surface area contributed by atoms with Gasteiger partial charge in [0, 0.05) is 13.0 Å². The van der Waals surface area contributed by atoms with Crippen molar-refractivity contribution in [1.29, 1.82) is 0 Å². The monoisotopic (exact) mass is 312 g/mol. The van der Waals surface area contributed by atoms with E-state index in [1.807, 2.05) is 0 Å². The first-order valence-corrected chi connectivity index (χ1v) is 7.79. The molecule has 1 N–H and O–H groups in total. The molecule has 1 fully saturated rings. The van der Waals surface area contributed by atoms with E-state index in [-0.39, 0.29) is 29.5 Å². The molecule has 0 aliphatic carbocycles. The van der Waals surface area contributed by atoms with Gasteiger partial charge >= 0.3 is 5.97 Å². The van der Waals surface area contributed by atoms with Crippen molar-refractivity contribution in [2.45, 2.75) is 11.3 Å². The van der Waals surface area contributed by atoms with Crippen LogP contribution in [0.2, 0.25) is 0 Å². The Bertz CT molecular complexity index is 671. The van der Waals surface area contributed by atoms with Crippen LogP contribution < -0.4 is 9.62 Å². The predicted octanol–water partition coefficient (Wildman–Crippen LogP) is 0.121. The van der Waals surface area contributed by atoms with Gasteiger partial charge in [0.05, 0.1) is 18.7 Å². The van der Waals surface area contributed by atoms with E-state index in [1.165, 1.54) is 25.1 Å². The summed E-state index contributed by atoms with van der Waals surface area (Å²) < 4.78 is 30.9. The third-order valence-electron chi connectivity index (χ3n) is 3.37. The molecule has 21 heavy (non-hydrogen) atoms. The average molecular weight is 312 g/mol. The first-order valence-electron chi connectivity index (χ1n) is 6.31. The van der Waals surface area contributed by atoms with Gasteiger partial charge in [0.25, 0.3) is 0 Å². The summed E-state index contributed by atoms with van der Waals surface area (Å²) in [4.78, 5) is 24.9. The second-order valence-electron chi connectivity index (χ2n) is 4.60. The Balaban J connectivity index is 2.40. The minimum Gasteiger partial charge on any atom is -0.469 e. The first-order chi connectivity index (χ1) is 9.90. The van der Waals surface area contributed by atoms with Gasteiger partial charge in [0.1, 0.15) is 4.90 Å². The lowest BCUT2D eigenvalue weighted by atomic mass is 10.1. The van der Waals surface area contributed by atoms with Gasteiger partial charge in [-0.3, -0.25) is 9.59 Å². The van der Waals surface area contributed by atoms with Crippen molar-refractivity contribution < 1.29 is 22.7 Å². The second-order valence-corrected chi connectivity index (χ2v) is 6.46. The second kappa shape index (κ2) is 5.82. The quantitative estimate of drug-likeness (QED) is 0.797. The van der Waals surface area contributed by atoms with Gasteiger partial charge in [0.15, 0.2) is 0 Å². The van der Waals surface area contributed by atoms with Gasteiger partial charge < -0.3 is 9.64 Å². The van der Waals surface area contributed by atoms with Crippen molar-refractivity contribution in [3.05, 3.63) is 24.3 Å². The maximum absolute atomic E-state index is 12.1. The summed E-state index contributed by atoms with van der Waals surface area (Å²) in [5.74, 6) is -1.35. The molecular weight excluding hydrogens is 296 g/mol. The third-order valence-corrected chi connectivity index (χ3v) is 4.84. The molecule has 1 unspecified atom stereocenters. The molecule has 7 nitrogen and oxygen atoms in total. The third kappa shape index (κ3) is 2.91. The summed E-state index contributed by atoms with van der Waals surface area (Å²) in [6.45, 7) is 0.113. The summed E-state index contributed by atoms with van der Waals surface area (Å²) in [6.07, 6.45) is 0.0145. The van der Waals surface area contributed by atoms with E-state index in [4.69, 9.17) is 0 Å². The lowest BCUT2D eigenvalue weighted by molar-refractivity contribution is -0.145. The van der Waals surface area contributed by atoms with Crippen LogP contribution in [0.1, 0.15) is 6.42 Å². The number of esters is 1. The molecule has 8 heteroatoms. The normalized spacial score (nSPS) is 18.9. The van der Waals surface area contributed by atoms with E-state index in [0.717, 1.165) is 0 Å². The maximum atomic E-state index is 12.1. The number of carbonyl (C=O) groups excluding carboxylic acids is 2. The molecule has 1 aromatic carbocycles. The molecule has 0 spiro atoms. The van der Waals surface area contributed by atoms with Crippen molar-refractivity contribution in [1.82, 2.24) is 4.72 Å². The number of methoxy groups -OCH3 is 1. The first kappa shape index (κ1) is 15.5. The van der Waals surface area contributed by atoms with Crippen LogP contribution in [-0.2, 0) is 24.3 Å². The van der Waals surface area contributed by atoms with Gasteiger partial charge in [0.2, 0.25) is 15.9 Å². The van der Waals surface area contributed by atoms with Crippen LogP contribution in [0, 0.1) is 5.92 Å². The minimum atomic E-state index is -3.69.